The van der Waals surface area contributed by atoms with Gasteiger partial charge in [-0.25, -0.2) is 0 Å². The van der Waals surface area contributed by atoms with Gasteiger partial charge in [0.15, 0.2) is 0 Å². The number of hydrogen-bond acceptors (Lipinski definition) is 3. The van der Waals surface area contributed by atoms with Crippen molar-refractivity contribution in [2.75, 3.05) is 6.61 Å². The molecule has 1 saturated heterocycles. The zero-order chi connectivity index (χ0) is 33.5. The van der Waals surface area contributed by atoms with E-state index in [4.69, 9.17) is 14.0 Å². The molecule has 244 valence electrons. The molecule has 9 rings (SSSR count). The number of hydrogen-bond donors (Lipinski definition) is 1. The lowest BCUT2D eigenvalue weighted by Crippen LogP contribution is -3.24. The molecule has 50 heavy (non-hydrogen) atoms. The van der Waals surface area contributed by atoms with Crippen molar-refractivity contribution < 1.29 is 18.9 Å². The van der Waals surface area contributed by atoms with Gasteiger partial charge < -0.3 is 18.9 Å². The van der Waals surface area contributed by atoms with E-state index in [-0.39, 0.29) is 6.04 Å². The van der Waals surface area contributed by atoms with Crippen molar-refractivity contribution in [3.05, 3.63) is 198 Å². The Morgan fingerprint density at radius 2 is 1.22 bits per heavy atom. The maximum absolute atomic E-state index is 7.91. The first-order chi connectivity index (χ1) is 24.7. The van der Waals surface area contributed by atoms with Gasteiger partial charge in [-0.3, -0.25) is 0 Å². The number of fused-ring (bicyclic) bond motifs is 4. The average molecular weight is 652 g/mol. The molecule has 0 aromatic heterocycles. The Kier molecular flexibility index (Phi) is 7.53. The molecule has 2 unspecified atom stereocenters. The van der Waals surface area contributed by atoms with Gasteiger partial charge >= 0.3 is 6.69 Å². The molecule has 3 atom stereocenters. The van der Waals surface area contributed by atoms with Crippen molar-refractivity contribution in [2.45, 2.75) is 25.1 Å². The molecule has 1 N–H and O–H groups in total. The second-order valence-corrected chi connectivity index (χ2v) is 13.4. The lowest BCUT2D eigenvalue weighted by molar-refractivity contribution is -0.850. The minimum atomic E-state index is -2.15. The lowest BCUT2D eigenvalue weighted by Gasteiger charge is -2.46. The molecule has 2 heterocycles. The van der Waals surface area contributed by atoms with Crippen LogP contribution in [0.25, 0.3) is 21.9 Å². The zero-order valence-corrected chi connectivity index (χ0v) is 28.0. The first kappa shape index (κ1) is 30.4. The van der Waals surface area contributed by atoms with Crippen LogP contribution in [0.2, 0.25) is 0 Å². The van der Waals surface area contributed by atoms with Gasteiger partial charge in [0.25, 0.3) is 0 Å². The van der Waals surface area contributed by atoms with E-state index in [1.54, 1.807) is 0 Å². The maximum Gasteiger partial charge on any atom is 0.556 e. The molecular formula is C45H38BNO3. The van der Waals surface area contributed by atoms with Crippen molar-refractivity contribution in [1.82, 2.24) is 0 Å². The van der Waals surface area contributed by atoms with E-state index in [2.05, 4.69) is 164 Å². The Labute approximate surface area is 293 Å². The van der Waals surface area contributed by atoms with Crippen molar-refractivity contribution in [2.24, 2.45) is 0 Å². The highest BCUT2D eigenvalue weighted by molar-refractivity contribution is 6.75. The van der Waals surface area contributed by atoms with Crippen molar-refractivity contribution in [3.8, 4) is 22.6 Å². The molecule has 0 amide bonds. The predicted molar refractivity (Wildman–Crippen MR) is 202 cm³/mol. The first-order valence-corrected chi connectivity index (χ1v) is 17.6. The van der Waals surface area contributed by atoms with Gasteiger partial charge in [-0.1, -0.05) is 163 Å². The summed E-state index contributed by atoms with van der Waals surface area (Å²) in [5, 5.41) is 2.43. The molecular weight excluding hydrogens is 613 g/mol. The molecule has 0 saturated carbocycles. The Hall–Kier alpha value is -5.62. The van der Waals surface area contributed by atoms with Crippen LogP contribution in [-0.2, 0) is 16.8 Å². The summed E-state index contributed by atoms with van der Waals surface area (Å²) < 4.78 is 21.1. The third-order valence-electron chi connectivity index (χ3n) is 10.7. The standard InChI is InChI=1S/C45H38BNO3/c1-2-48-40-29-24-34(25-30-40)33-22-27-39(28-23-33)46-47(32-42-41-21-13-12-14-35(41)26-31-43(42)49-46)44(36-15-6-3-7-16-36)45(50-46,37-17-8-4-9-18-37)38-19-10-5-11-20-38/h3-31,44,47H,2,32H2,1H3/t44-,46?/m1/s1. The first-order valence-electron chi connectivity index (χ1n) is 17.6. The Balaban J connectivity index is 1.29. The summed E-state index contributed by atoms with van der Waals surface area (Å²) >= 11 is 0. The zero-order valence-electron chi connectivity index (χ0n) is 28.0. The monoisotopic (exact) mass is 651 g/mol. The van der Waals surface area contributed by atoms with Crippen LogP contribution in [0.3, 0.4) is 0 Å². The fourth-order valence-electron chi connectivity index (χ4n) is 8.51. The number of rotatable bonds is 7. The summed E-state index contributed by atoms with van der Waals surface area (Å²) in [5.74, 6) is 1.76. The SMILES string of the molecule is CCOc1ccc(-c2ccc([B-]34Oc5ccc6ccccc6c5C[NH+]3[C@H](c3ccccc3)C(c3ccccc3)(c3ccccc3)O4)cc2)cc1. The molecule has 1 fully saturated rings. The second-order valence-electron chi connectivity index (χ2n) is 13.4. The highest BCUT2D eigenvalue weighted by Crippen LogP contribution is 2.50. The van der Waals surface area contributed by atoms with Gasteiger partial charge in [-0.05, 0) is 58.1 Å². The molecule has 0 bridgehead atoms. The summed E-state index contributed by atoms with van der Waals surface area (Å²) in [4.78, 5) is 1.25. The van der Waals surface area contributed by atoms with E-state index in [9.17, 15) is 0 Å². The lowest BCUT2D eigenvalue weighted by atomic mass is 9.60. The summed E-state index contributed by atoms with van der Waals surface area (Å²) in [5.41, 5.74) is 7.06. The molecule has 7 aromatic rings. The Morgan fingerprint density at radius 1 is 0.640 bits per heavy atom. The highest BCUT2D eigenvalue weighted by Gasteiger charge is 2.67. The van der Waals surface area contributed by atoms with Crippen LogP contribution in [0, 0.1) is 0 Å². The third-order valence-corrected chi connectivity index (χ3v) is 10.7. The van der Waals surface area contributed by atoms with E-state index in [1.165, 1.54) is 26.7 Å². The van der Waals surface area contributed by atoms with Gasteiger partial charge in [-0.15, -0.1) is 0 Å². The Morgan fingerprint density at radius 3 is 1.86 bits per heavy atom. The van der Waals surface area contributed by atoms with E-state index < -0.39 is 12.3 Å². The molecule has 0 radical (unpaired) electrons. The van der Waals surface area contributed by atoms with Crippen molar-refractivity contribution >= 4 is 22.9 Å². The topological polar surface area (TPSA) is 32.1 Å². The fourth-order valence-corrected chi connectivity index (χ4v) is 8.51. The van der Waals surface area contributed by atoms with Gasteiger partial charge in [0.2, 0.25) is 0 Å². The van der Waals surface area contributed by atoms with Crippen LogP contribution in [0.15, 0.2) is 176 Å². The number of quaternary nitrogens is 1. The van der Waals surface area contributed by atoms with Crippen molar-refractivity contribution in [3.63, 3.8) is 0 Å². The largest absolute Gasteiger partial charge is 0.637 e. The van der Waals surface area contributed by atoms with E-state index in [0.717, 1.165) is 45.8 Å². The van der Waals surface area contributed by atoms with Crippen LogP contribution in [0.4, 0.5) is 0 Å². The van der Waals surface area contributed by atoms with Crippen LogP contribution >= 0.6 is 0 Å². The number of benzene rings is 7. The smallest absolute Gasteiger partial charge is 0.556 e. The average Bonchev–Trinajstić information content (AvgIpc) is 3.51. The molecule has 7 aromatic carbocycles. The van der Waals surface area contributed by atoms with E-state index in [1.807, 2.05) is 19.1 Å². The van der Waals surface area contributed by atoms with Gasteiger partial charge in [0.05, 0.1) is 18.9 Å². The quantitative estimate of drug-likeness (QED) is 0.176. The predicted octanol–water partition coefficient (Wildman–Crippen LogP) is 8.24. The van der Waals surface area contributed by atoms with E-state index in [0.29, 0.717) is 6.61 Å². The molecule has 2 aliphatic heterocycles. The fraction of sp³-hybridized carbons (Fsp3) is 0.111. The van der Waals surface area contributed by atoms with Crippen LogP contribution in [-0.4, -0.2) is 13.3 Å². The van der Waals surface area contributed by atoms with E-state index >= 15 is 0 Å². The summed E-state index contributed by atoms with van der Waals surface area (Å²) in [6, 6.07) is 62.3. The second kappa shape index (κ2) is 12.4. The highest BCUT2D eigenvalue weighted by atomic mass is 16.6. The van der Waals surface area contributed by atoms with Crippen LogP contribution in [0.1, 0.15) is 35.2 Å². The summed E-state index contributed by atoms with van der Waals surface area (Å²) in [6.07, 6.45) is 0. The maximum atomic E-state index is 7.91. The number of nitrogens with one attached hydrogen (secondary N) is 1. The minimum Gasteiger partial charge on any atom is -0.637 e. The molecule has 4 nitrogen and oxygen atoms in total. The minimum absolute atomic E-state index is 0.133. The van der Waals surface area contributed by atoms with Gasteiger partial charge in [0.1, 0.15) is 17.4 Å². The van der Waals surface area contributed by atoms with Gasteiger partial charge in [0, 0.05) is 11.1 Å². The normalized spacial score (nSPS) is 20.4. The van der Waals surface area contributed by atoms with Crippen LogP contribution in [0.5, 0.6) is 11.5 Å². The van der Waals surface area contributed by atoms with Crippen molar-refractivity contribution in [1.29, 1.82) is 0 Å². The molecule has 0 spiro atoms. The Bertz CT molecular complexity index is 2220. The van der Waals surface area contributed by atoms with Gasteiger partial charge in [-0.2, -0.15) is 0 Å². The molecule has 0 aliphatic carbocycles. The molecule has 2 aliphatic rings. The summed E-state index contributed by atoms with van der Waals surface area (Å²) in [7, 11) is 0. The summed E-state index contributed by atoms with van der Waals surface area (Å²) in [6.45, 7) is 1.23. The number of ether oxygens (including phenoxy) is 1. The third kappa shape index (κ3) is 4.85. The van der Waals surface area contributed by atoms with Crippen LogP contribution < -0.4 is 19.7 Å². The molecule has 5 heteroatoms.